The molecule has 13 atom stereocenters. The van der Waals surface area contributed by atoms with E-state index in [9.17, 15) is 59.1 Å². The van der Waals surface area contributed by atoms with E-state index in [2.05, 4.69) is 18.3 Å². The fourth-order valence-electron chi connectivity index (χ4n) is 4.70. The third kappa shape index (κ3) is 7.84. The van der Waals surface area contributed by atoms with Crippen molar-refractivity contribution in [3.05, 3.63) is 32.6 Å². The normalized spacial score (nSPS) is 39.4. The lowest BCUT2D eigenvalue weighted by atomic mass is 10.00. The number of aliphatic hydroxyl groups is 7. The quantitative estimate of drug-likeness (QED) is 0.101. The minimum atomic E-state index is -5.95. The first-order valence-corrected chi connectivity index (χ1v) is 16.5. The molecule has 3 saturated heterocycles. The Morgan fingerprint density at radius 1 is 0.930 bits per heavy atom. The van der Waals surface area contributed by atoms with E-state index in [1.165, 1.54) is 11.8 Å². The van der Waals surface area contributed by atoms with Crippen LogP contribution in [0.3, 0.4) is 0 Å². The monoisotopic (exact) mass is 680 g/mol. The zero-order valence-electron chi connectivity index (χ0n) is 21.8. The fraction of sp³-hybridized carbons (Fsp3) is 0.800. The second kappa shape index (κ2) is 13.7. The highest BCUT2D eigenvalue weighted by Crippen LogP contribution is 2.57. The van der Waals surface area contributed by atoms with Gasteiger partial charge in [-0.3, -0.25) is 28.0 Å². The summed E-state index contributed by atoms with van der Waals surface area (Å²) >= 11 is 1.31. The Kier molecular flexibility index (Phi) is 11.1. The first-order chi connectivity index (χ1) is 20.1. The van der Waals surface area contributed by atoms with Gasteiger partial charge in [0.25, 0.3) is 21.2 Å². The Balaban J connectivity index is 1.40. The van der Waals surface area contributed by atoms with Gasteiger partial charge in [0.05, 0.1) is 19.8 Å². The molecule has 3 aliphatic rings. The summed E-state index contributed by atoms with van der Waals surface area (Å²) in [5, 5.41) is 68.3. The number of hydrogen-bond acceptors (Lipinski definition) is 19. The van der Waals surface area contributed by atoms with Crippen molar-refractivity contribution in [3.63, 3.8) is 0 Å². The predicted molar refractivity (Wildman–Crippen MR) is 135 cm³/mol. The van der Waals surface area contributed by atoms with Crippen molar-refractivity contribution >= 4 is 27.4 Å². The minimum Gasteiger partial charge on any atom is -0.756 e. The van der Waals surface area contributed by atoms with E-state index < -0.39 is 101 Å². The maximum atomic E-state index is 12.5. The molecule has 1 aromatic rings. The molecule has 0 spiro atoms. The van der Waals surface area contributed by atoms with Gasteiger partial charge in [-0.25, -0.2) is 9.11 Å². The molecule has 0 radical (unpaired) electrons. The average molecular weight is 680 g/mol. The van der Waals surface area contributed by atoms with Crippen molar-refractivity contribution in [1.82, 2.24) is 9.55 Å². The molecule has 43 heavy (non-hydrogen) atoms. The molecule has 0 amide bonds. The third-order valence-electron chi connectivity index (χ3n) is 6.94. The molecule has 20 nitrogen and oxygen atoms in total. The maximum absolute atomic E-state index is 12.5. The first-order valence-electron chi connectivity index (χ1n) is 12.7. The van der Waals surface area contributed by atoms with Gasteiger partial charge >= 0.3 is 5.69 Å². The van der Waals surface area contributed by atoms with Gasteiger partial charge in [0.1, 0.15) is 42.7 Å². The smallest absolute Gasteiger partial charge is 0.330 e. The van der Waals surface area contributed by atoms with Gasteiger partial charge in [-0.2, -0.15) is 0 Å². The van der Waals surface area contributed by atoms with Crippen LogP contribution in [0.5, 0.6) is 0 Å². The van der Waals surface area contributed by atoms with Crippen LogP contribution in [0.15, 0.2) is 15.8 Å². The van der Waals surface area contributed by atoms with Crippen molar-refractivity contribution < 1.29 is 77.5 Å². The number of aromatic nitrogens is 2. The molecule has 8 N–H and O–H groups in total. The zero-order valence-corrected chi connectivity index (χ0v) is 24.4. The number of aromatic amines is 1. The number of nitrogens with zero attached hydrogens (tertiary/aromatic N) is 1. The topological polar surface area (TPSA) is 323 Å². The van der Waals surface area contributed by atoms with E-state index in [0.717, 1.165) is 10.8 Å². The number of phosphoric acid groups is 2. The molecule has 4 heterocycles. The van der Waals surface area contributed by atoms with Crippen molar-refractivity contribution in [2.24, 2.45) is 0 Å². The number of ether oxygens (including phenoxy) is 2. The lowest BCUT2D eigenvalue weighted by Gasteiger charge is -2.41. The van der Waals surface area contributed by atoms with Crippen LogP contribution in [0.4, 0.5) is 0 Å². The summed E-state index contributed by atoms with van der Waals surface area (Å²) in [4.78, 5) is 51.4. The molecule has 246 valence electrons. The van der Waals surface area contributed by atoms with Gasteiger partial charge in [-0.05, 0) is 12.8 Å². The zero-order chi connectivity index (χ0) is 31.9. The van der Waals surface area contributed by atoms with E-state index in [1.54, 1.807) is 0 Å². The van der Waals surface area contributed by atoms with Gasteiger partial charge in [0.2, 0.25) is 0 Å². The summed E-state index contributed by atoms with van der Waals surface area (Å²) < 4.78 is 48.1. The summed E-state index contributed by atoms with van der Waals surface area (Å²) in [6.07, 6.45) is -14.8. The predicted octanol–water partition coefficient (Wildman–Crippen LogP) is -5.13. The number of nitrogens with one attached hydrogen (secondary N) is 1. The highest BCUT2D eigenvalue weighted by molar-refractivity contribution is 8.00. The number of aliphatic hydroxyl groups excluding tert-OH is 7. The van der Waals surface area contributed by atoms with Crippen LogP contribution in [0.2, 0.25) is 0 Å². The van der Waals surface area contributed by atoms with Crippen LogP contribution in [0.1, 0.15) is 29.9 Å². The maximum Gasteiger partial charge on any atom is 0.330 e. The summed E-state index contributed by atoms with van der Waals surface area (Å²) in [6, 6.07) is 0. The largest absolute Gasteiger partial charge is 0.756 e. The molecule has 4 rings (SSSR count). The number of rotatable bonds is 11. The standard InChI is InChI=1S/C20H32N2O18P2S/c23-4-7-1-2-11(43-7)8-3-22(20(31)21-17(8)30)18-15(28)13(26)10(37-18)6-36-41(32,33)40-42(34,35)39-19-16(29)14(27)12(25)9(5-24)38-19/h3,7,9-16,18-19,23-29H,1-2,4-6H2,(H,32,33)(H,34,35)(H,21,30,31)/p-2/t7?,9-,10-,11?,12+,13-,14+,15-,16-,18-,19-/m1/s1. The molecule has 3 fully saturated rings. The van der Waals surface area contributed by atoms with Crippen molar-refractivity contribution in [1.29, 1.82) is 0 Å². The molecular weight excluding hydrogens is 650 g/mol. The van der Waals surface area contributed by atoms with Gasteiger partial charge < -0.3 is 59.5 Å². The first kappa shape index (κ1) is 34.8. The van der Waals surface area contributed by atoms with E-state index in [1.807, 2.05) is 0 Å². The lowest BCUT2D eigenvalue weighted by molar-refractivity contribution is -0.305. The molecule has 1 aromatic heterocycles. The summed E-state index contributed by atoms with van der Waals surface area (Å²) in [6.45, 7) is -2.20. The van der Waals surface area contributed by atoms with Gasteiger partial charge in [-0.15, -0.1) is 11.8 Å². The van der Waals surface area contributed by atoms with Crippen LogP contribution in [-0.4, -0.2) is 119 Å². The van der Waals surface area contributed by atoms with Crippen LogP contribution >= 0.6 is 27.4 Å². The van der Waals surface area contributed by atoms with Crippen LogP contribution in [-0.2, 0) is 32.0 Å². The Hall–Kier alpha value is -1.07. The lowest BCUT2D eigenvalue weighted by Crippen LogP contribution is -2.59. The number of H-pyrrole nitrogens is 1. The average Bonchev–Trinajstić information content (AvgIpc) is 3.52. The Labute approximate surface area is 245 Å². The highest BCUT2D eigenvalue weighted by Gasteiger charge is 2.47. The van der Waals surface area contributed by atoms with Crippen molar-refractivity contribution in [2.45, 2.75) is 78.6 Å². The number of phosphoric ester groups is 2. The number of hydrogen-bond donors (Lipinski definition) is 8. The Bertz CT molecular complexity index is 1340. The van der Waals surface area contributed by atoms with Gasteiger partial charge in [-0.1, -0.05) is 0 Å². The molecule has 0 aromatic carbocycles. The van der Waals surface area contributed by atoms with E-state index in [-0.39, 0.29) is 17.4 Å². The van der Waals surface area contributed by atoms with Gasteiger partial charge in [0.15, 0.2) is 12.5 Å². The fourth-order valence-corrected chi connectivity index (χ4v) is 8.19. The molecule has 4 unspecified atom stereocenters. The van der Waals surface area contributed by atoms with Crippen LogP contribution in [0.25, 0.3) is 0 Å². The molecule has 0 aliphatic carbocycles. The van der Waals surface area contributed by atoms with Crippen molar-refractivity contribution in [3.8, 4) is 0 Å². The van der Waals surface area contributed by atoms with Crippen molar-refractivity contribution in [2.75, 3.05) is 19.8 Å². The van der Waals surface area contributed by atoms with Crippen LogP contribution in [0, 0.1) is 0 Å². The second-order valence-electron chi connectivity index (χ2n) is 9.88. The highest BCUT2D eigenvalue weighted by atomic mass is 32.2. The molecular formula is C20H30N2O18P2S-2. The van der Waals surface area contributed by atoms with E-state index in [4.69, 9.17) is 14.6 Å². The Morgan fingerprint density at radius 3 is 2.23 bits per heavy atom. The summed E-state index contributed by atoms with van der Waals surface area (Å²) in [5.74, 6) is 0. The Morgan fingerprint density at radius 2 is 1.60 bits per heavy atom. The van der Waals surface area contributed by atoms with E-state index in [0.29, 0.717) is 12.8 Å². The second-order valence-corrected chi connectivity index (χ2v) is 14.3. The van der Waals surface area contributed by atoms with E-state index >= 15 is 0 Å². The third-order valence-corrected chi connectivity index (χ3v) is 11.1. The van der Waals surface area contributed by atoms with Crippen LogP contribution < -0.4 is 21.0 Å². The molecule has 3 aliphatic heterocycles. The minimum absolute atomic E-state index is 0.119. The number of thioether (sulfide) groups is 1. The summed E-state index contributed by atoms with van der Waals surface area (Å²) in [5.41, 5.74) is -1.60. The molecule has 23 heteroatoms. The molecule has 0 saturated carbocycles. The molecule has 0 bridgehead atoms. The van der Waals surface area contributed by atoms with Gasteiger partial charge in [0, 0.05) is 22.3 Å². The SMILES string of the molecule is O=c1[nH]c(=O)n([C@@H]2O[C@H](COP(=O)([O-])OP(=O)([O-])O[C@H]3O[C@H](CO)[C@H](O)[C@H](O)[C@H]3O)[C@@H](O)[C@H]2O)cc1C1CCC(CO)S1. The summed E-state index contributed by atoms with van der Waals surface area (Å²) in [7, 11) is -11.8.